The number of benzene rings is 1. The highest BCUT2D eigenvalue weighted by Crippen LogP contribution is 2.22. The normalized spacial score (nSPS) is 11.2. The van der Waals surface area contributed by atoms with Gasteiger partial charge in [0, 0.05) is 18.3 Å². The molecule has 0 bridgehead atoms. The maximum Gasteiger partial charge on any atom is 0.194 e. The topological polar surface area (TPSA) is 33.6 Å². The molecule has 0 saturated heterocycles. The van der Waals surface area contributed by atoms with E-state index in [9.17, 15) is 13.2 Å². The number of hydrogen-bond acceptors (Lipinski definition) is 2. The molecule has 0 atom stereocenters. The number of hydrogen-bond donors (Lipinski definition) is 1. The first-order valence-corrected chi connectivity index (χ1v) is 6.11. The molecule has 0 aliphatic heterocycles. The fourth-order valence-corrected chi connectivity index (χ4v) is 2.33. The monoisotopic (exact) mass is 295 g/mol. The Morgan fingerprint density at radius 3 is 2.50 bits per heavy atom. The van der Waals surface area contributed by atoms with Crippen LogP contribution < -0.4 is 0 Å². The van der Waals surface area contributed by atoms with Crippen molar-refractivity contribution in [1.82, 2.24) is 14.5 Å². The Kier molecular flexibility index (Phi) is 2.86. The number of fused-ring (bicyclic) bond motifs is 1. The molecule has 20 heavy (non-hydrogen) atoms. The highest BCUT2D eigenvalue weighted by molar-refractivity contribution is 7.71. The standard InChI is InChI=1S/C13H8F3N3S/c1-6-2-3-17-12-11(6)18-13(20)19(12)7-4-8(14)10(16)9(15)5-7/h2-5H,1H3,(H,18,20). The third-order valence-electron chi connectivity index (χ3n) is 3.01. The number of rotatable bonds is 1. The summed E-state index contributed by atoms with van der Waals surface area (Å²) in [7, 11) is 0. The zero-order valence-corrected chi connectivity index (χ0v) is 11.1. The Labute approximate surface area is 116 Å². The highest BCUT2D eigenvalue weighted by Gasteiger charge is 2.15. The quantitative estimate of drug-likeness (QED) is 0.547. The van der Waals surface area contributed by atoms with Gasteiger partial charge in [0.25, 0.3) is 0 Å². The Morgan fingerprint density at radius 2 is 1.85 bits per heavy atom. The Balaban J connectivity index is 2.38. The Morgan fingerprint density at radius 1 is 1.20 bits per heavy atom. The first-order chi connectivity index (χ1) is 9.49. The van der Waals surface area contributed by atoms with Gasteiger partial charge in [0.1, 0.15) is 0 Å². The smallest absolute Gasteiger partial charge is 0.194 e. The molecule has 0 aliphatic rings. The minimum Gasteiger partial charge on any atom is -0.329 e. The van der Waals surface area contributed by atoms with Crippen molar-refractivity contribution < 1.29 is 13.2 Å². The van der Waals surface area contributed by atoms with E-state index in [4.69, 9.17) is 12.2 Å². The second-order valence-electron chi connectivity index (χ2n) is 4.32. The third kappa shape index (κ3) is 1.82. The zero-order chi connectivity index (χ0) is 14.4. The molecular weight excluding hydrogens is 287 g/mol. The molecule has 0 aliphatic carbocycles. The van der Waals surface area contributed by atoms with Gasteiger partial charge in [-0.1, -0.05) is 0 Å². The van der Waals surface area contributed by atoms with Crippen molar-refractivity contribution >= 4 is 23.4 Å². The number of aromatic nitrogens is 3. The molecule has 0 saturated carbocycles. The van der Waals surface area contributed by atoms with Gasteiger partial charge in [-0.2, -0.15) is 0 Å². The molecule has 3 aromatic rings. The van der Waals surface area contributed by atoms with E-state index in [0.717, 1.165) is 17.7 Å². The van der Waals surface area contributed by atoms with Crippen molar-refractivity contribution in [2.75, 3.05) is 0 Å². The van der Waals surface area contributed by atoms with Crippen LogP contribution in [0.1, 0.15) is 5.56 Å². The lowest BCUT2D eigenvalue weighted by molar-refractivity contribution is 0.446. The summed E-state index contributed by atoms with van der Waals surface area (Å²) in [5, 5.41) is 0. The summed E-state index contributed by atoms with van der Waals surface area (Å²) in [4.78, 5) is 7.07. The lowest BCUT2D eigenvalue weighted by atomic mass is 10.2. The second-order valence-corrected chi connectivity index (χ2v) is 4.70. The van der Waals surface area contributed by atoms with E-state index in [1.807, 2.05) is 6.92 Å². The van der Waals surface area contributed by atoms with E-state index in [2.05, 4.69) is 9.97 Å². The van der Waals surface area contributed by atoms with Crippen LogP contribution in [-0.4, -0.2) is 14.5 Å². The average Bonchev–Trinajstić information content (AvgIpc) is 2.73. The minimum absolute atomic E-state index is 0.0794. The van der Waals surface area contributed by atoms with Crippen LogP contribution in [0.3, 0.4) is 0 Å². The number of nitrogens with one attached hydrogen (secondary N) is 1. The van der Waals surface area contributed by atoms with Crippen molar-refractivity contribution in [3.63, 3.8) is 0 Å². The van der Waals surface area contributed by atoms with Crippen LogP contribution in [0.15, 0.2) is 24.4 Å². The van der Waals surface area contributed by atoms with Crippen LogP contribution in [0.4, 0.5) is 13.2 Å². The number of aryl methyl sites for hydroxylation is 1. The molecule has 2 heterocycles. The second kappa shape index (κ2) is 4.45. The van der Waals surface area contributed by atoms with Crippen molar-refractivity contribution in [1.29, 1.82) is 0 Å². The molecular formula is C13H8F3N3S. The van der Waals surface area contributed by atoms with Gasteiger partial charge >= 0.3 is 0 Å². The van der Waals surface area contributed by atoms with Crippen molar-refractivity contribution in [3.8, 4) is 5.69 Å². The minimum atomic E-state index is -1.51. The maximum atomic E-state index is 13.4. The van der Waals surface area contributed by atoms with Gasteiger partial charge in [-0.05, 0) is 30.8 Å². The van der Waals surface area contributed by atoms with Gasteiger partial charge < -0.3 is 4.98 Å². The van der Waals surface area contributed by atoms with Crippen LogP contribution in [0.25, 0.3) is 16.9 Å². The number of imidazole rings is 1. The number of pyridine rings is 1. The largest absolute Gasteiger partial charge is 0.329 e. The van der Waals surface area contributed by atoms with E-state index < -0.39 is 17.5 Å². The molecule has 1 aromatic carbocycles. The van der Waals surface area contributed by atoms with Gasteiger partial charge in [-0.25, -0.2) is 18.2 Å². The molecule has 1 N–H and O–H groups in total. The molecule has 3 rings (SSSR count). The summed E-state index contributed by atoms with van der Waals surface area (Å²) in [6.07, 6.45) is 1.56. The fraction of sp³-hybridized carbons (Fsp3) is 0.0769. The molecule has 0 fully saturated rings. The predicted octanol–water partition coefficient (Wildman–Crippen LogP) is 3.81. The Bertz CT molecular complexity index is 859. The number of aromatic amines is 1. The van der Waals surface area contributed by atoms with Crippen LogP contribution >= 0.6 is 12.2 Å². The average molecular weight is 295 g/mol. The molecule has 7 heteroatoms. The number of halogens is 3. The van der Waals surface area contributed by atoms with Crippen molar-refractivity contribution in [2.24, 2.45) is 0 Å². The molecule has 0 unspecified atom stereocenters. The SMILES string of the molecule is Cc1ccnc2c1[nH]c(=S)n2-c1cc(F)c(F)c(F)c1. The van der Waals surface area contributed by atoms with Gasteiger partial charge in [0.15, 0.2) is 27.9 Å². The van der Waals surface area contributed by atoms with Gasteiger partial charge in [0.05, 0.1) is 11.2 Å². The first kappa shape index (κ1) is 12.9. The zero-order valence-electron chi connectivity index (χ0n) is 10.2. The molecule has 0 radical (unpaired) electrons. The van der Waals surface area contributed by atoms with Crippen molar-refractivity contribution in [3.05, 3.63) is 52.2 Å². The first-order valence-electron chi connectivity index (χ1n) is 5.70. The van der Waals surface area contributed by atoms with E-state index in [1.165, 1.54) is 4.57 Å². The maximum absolute atomic E-state index is 13.4. The van der Waals surface area contributed by atoms with Gasteiger partial charge in [-0.3, -0.25) is 4.57 Å². The van der Waals surface area contributed by atoms with Gasteiger partial charge in [-0.15, -0.1) is 0 Å². The molecule has 2 aromatic heterocycles. The van der Waals surface area contributed by atoms with Crippen LogP contribution in [0.5, 0.6) is 0 Å². The van der Waals surface area contributed by atoms with Crippen molar-refractivity contribution in [2.45, 2.75) is 6.92 Å². The molecule has 0 spiro atoms. The third-order valence-corrected chi connectivity index (χ3v) is 3.30. The highest BCUT2D eigenvalue weighted by atomic mass is 32.1. The van der Waals surface area contributed by atoms with E-state index in [-0.39, 0.29) is 10.5 Å². The summed E-state index contributed by atoms with van der Waals surface area (Å²) in [6, 6.07) is 3.54. The number of nitrogens with zero attached hydrogens (tertiary/aromatic N) is 2. The summed E-state index contributed by atoms with van der Waals surface area (Å²) >= 11 is 5.14. The summed E-state index contributed by atoms with van der Waals surface area (Å²) in [5.74, 6) is -4.06. The number of H-pyrrole nitrogens is 1. The van der Waals surface area contributed by atoms with E-state index >= 15 is 0 Å². The molecule has 0 amide bonds. The Hall–Kier alpha value is -2.15. The predicted molar refractivity (Wildman–Crippen MR) is 70.9 cm³/mol. The lowest BCUT2D eigenvalue weighted by Gasteiger charge is -2.05. The van der Waals surface area contributed by atoms with E-state index in [1.54, 1.807) is 12.3 Å². The molecule has 102 valence electrons. The fourth-order valence-electron chi connectivity index (χ4n) is 2.04. The van der Waals surface area contributed by atoms with E-state index in [0.29, 0.717) is 11.2 Å². The summed E-state index contributed by atoms with van der Waals surface area (Å²) < 4.78 is 41.3. The van der Waals surface area contributed by atoms with Gasteiger partial charge in [0.2, 0.25) is 0 Å². The summed E-state index contributed by atoms with van der Waals surface area (Å²) in [5.41, 5.74) is 2.07. The van der Waals surface area contributed by atoms with Crippen LogP contribution in [0, 0.1) is 29.1 Å². The summed E-state index contributed by atoms with van der Waals surface area (Å²) in [6.45, 7) is 1.85. The van der Waals surface area contributed by atoms with Crippen LogP contribution in [-0.2, 0) is 0 Å². The van der Waals surface area contributed by atoms with Crippen LogP contribution in [0.2, 0.25) is 0 Å². The molecule has 3 nitrogen and oxygen atoms in total. The lowest BCUT2D eigenvalue weighted by Crippen LogP contribution is -2.00.